The number of aryl methyl sites for hydroxylation is 1. The van der Waals surface area contributed by atoms with Gasteiger partial charge in [-0.1, -0.05) is 54.6 Å². The van der Waals surface area contributed by atoms with E-state index in [1.807, 2.05) is 54.8 Å². The number of benzene rings is 3. The number of piperidine rings is 1. The van der Waals surface area contributed by atoms with Gasteiger partial charge in [-0.15, -0.1) is 0 Å². The molecule has 1 fully saturated rings. The van der Waals surface area contributed by atoms with Crippen LogP contribution in [-0.4, -0.2) is 34.7 Å². The SMILES string of the molecule is Cc1cc(C=NNC(=O)c2ccc(CN3CCC(Cc4ccccc4)CC3)cc2)c(C)n1-c1ccccc1F. The molecule has 1 saturated heterocycles. The lowest BCUT2D eigenvalue weighted by molar-refractivity contribution is 0.0955. The number of nitrogens with one attached hydrogen (secondary N) is 1. The highest BCUT2D eigenvalue weighted by Gasteiger charge is 2.19. The molecule has 200 valence electrons. The molecular formula is C33H35FN4O. The van der Waals surface area contributed by atoms with Gasteiger partial charge in [0.2, 0.25) is 0 Å². The van der Waals surface area contributed by atoms with Crippen molar-refractivity contribution in [3.05, 3.63) is 124 Å². The molecule has 0 spiro atoms. The number of hydrogen-bond acceptors (Lipinski definition) is 3. The zero-order valence-electron chi connectivity index (χ0n) is 22.6. The molecule has 1 aliphatic rings. The highest BCUT2D eigenvalue weighted by Crippen LogP contribution is 2.24. The average Bonchev–Trinajstić information content (AvgIpc) is 3.23. The fourth-order valence-corrected chi connectivity index (χ4v) is 5.46. The maximum Gasteiger partial charge on any atom is 0.271 e. The van der Waals surface area contributed by atoms with Crippen molar-refractivity contribution in [2.45, 2.75) is 39.7 Å². The number of hydrazone groups is 1. The first-order valence-corrected chi connectivity index (χ1v) is 13.6. The molecule has 5 nitrogen and oxygen atoms in total. The van der Waals surface area contributed by atoms with Crippen molar-refractivity contribution in [1.29, 1.82) is 0 Å². The molecule has 0 saturated carbocycles. The largest absolute Gasteiger partial charge is 0.315 e. The molecule has 2 heterocycles. The Labute approximate surface area is 230 Å². The van der Waals surface area contributed by atoms with Crippen LogP contribution < -0.4 is 5.43 Å². The maximum atomic E-state index is 14.3. The van der Waals surface area contributed by atoms with E-state index in [1.165, 1.54) is 30.0 Å². The molecule has 4 aromatic rings. The molecule has 1 N–H and O–H groups in total. The number of aromatic nitrogens is 1. The number of carbonyl (C=O) groups excluding carboxylic acids is 1. The summed E-state index contributed by atoms with van der Waals surface area (Å²) in [6, 6.07) is 27.1. The number of rotatable bonds is 8. The van der Waals surface area contributed by atoms with E-state index in [-0.39, 0.29) is 11.7 Å². The van der Waals surface area contributed by atoms with Gasteiger partial charge in [0.1, 0.15) is 5.82 Å². The quantitative estimate of drug-likeness (QED) is 0.214. The van der Waals surface area contributed by atoms with Gasteiger partial charge in [-0.25, -0.2) is 9.82 Å². The van der Waals surface area contributed by atoms with Crippen LogP contribution in [0.15, 0.2) is 90.0 Å². The van der Waals surface area contributed by atoms with Crippen LogP contribution in [0.1, 0.15) is 51.3 Å². The number of carbonyl (C=O) groups is 1. The van der Waals surface area contributed by atoms with Crippen LogP contribution in [0.3, 0.4) is 0 Å². The minimum atomic E-state index is -0.285. The summed E-state index contributed by atoms with van der Waals surface area (Å²) in [4.78, 5) is 15.2. The van der Waals surface area contributed by atoms with Gasteiger partial charge < -0.3 is 4.57 Å². The van der Waals surface area contributed by atoms with Gasteiger partial charge in [0.25, 0.3) is 5.91 Å². The third-order valence-electron chi connectivity index (χ3n) is 7.63. The molecule has 1 amide bonds. The van der Waals surface area contributed by atoms with Gasteiger partial charge in [-0.2, -0.15) is 5.10 Å². The van der Waals surface area contributed by atoms with Gasteiger partial charge in [0.05, 0.1) is 11.9 Å². The Morgan fingerprint density at radius 2 is 1.64 bits per heavy atom. The molecule has 0 radical (unpaired) electrons. The predicted molar refractivity (Wildman–Crippen MR) is 155 cm³/mol. The smallest absolute Gasteiger partial charge is 0.271 e. The molecule has 0 atom stereocenters. The number of nitrogens with zero attached hydrogens (tertiary/aromatic N) is 3. The fraction of sp³-hybridized carbons (Fsp3) is 0.273. The summed E-state index contributed by atoms with van der Waals surface area (Å²) in [6.07, 6.45) is 5.21. The van der Waals surface area contributed by atoms with Crippen LogP contribution in [0.25, 0.3) is 5.69 Å². The molecule has 6 heteroatoms. The van der Waals surface area contributed by atoms with Gasteiger partial charge in [0, 0.05) is 29.1 Å². The summed E-state index contributed by atoms with van der Waals surface area (Å²) in [7, 11) is 0. The van der Waals surface area contributed by atoms with Crippen LogP contribution in [-0.2, 0) is 13.0 Å². The second-order valence-corrected chi connectivity index (χ2v) is 10.4. The first-order valence-electron chi connectivity index (χ1n) is 13.6. The average molecular weight is 523 g/mol. The predicted octanol–water partition coefficient (Wildman–Crippen LogP) is 6.45. The first-order chi connectivity index (χ1) is 19.0. The van der Waals surface area contributed by atoms with Gasteiger partial charge in [-0.3, -0.25) is 9.69 Å². The molecule has 3 aromatic carbocycles. The van der Waals surface area contributed by atoms with E-state index < -0.39 is 0 Å². The minimum absolute atomic E-state index is 0.262. The Balaban J connectivity index is 1.12. The lowest BCUT2D eigenvalue weighted by atomic mass is 9.90. The number of para-hydroxylation sites is 1. The lowest BCUT2D eigenvalue weighted by Crippen LogP contribution is -2.33. The van der Waals surface area contributed by atoms with Gasteiger partial charge in [-0.05, 0) is 93.6 Å². The summed E-state index contributed by atoms with van der Waals surface area (Å²) in [5, 5.41) is 4.16. The van der Waals surface area contributed by atoms with Crippen LogP contribution in [0.2, 0.25) is 0 Å². The molecule has 0 unspecified atom stereocenters. The number of hydrogen-bond donors (Lipinski definition) is 1. The maximum absolute atomic E-state index is 14.3. The van der Waals surface area contributed by atoms with E-state index >= 15 is 0 Å². The highest BCUT2D eigenvalue weighted by atomic mass is 19.1. The van der Waals surface area contributed by atoms with Crippen LogP contribution in [0.4, 0.5) is 4.39 Å². The lowest BCUT2D eigenvalue weighted by Gasteiger charge is -2.32. The Morgan fingerprint density at radius 3 is 2.36 bits per heavy atom. The van der Waals surface area contributed by atoms with Crippen molar-refractivity contribution in [3.8, 4) is 5.69 Å². The molecule has 1 aliphatic heterocycles. The second-order valence-electron chi connectivity index (χ2n) is 10.4. The zero-order chi connectivity index (χ0) is 27.2. The van der Waals surface area contributed by atoms with Crippen molar-refractivity contribution >= 4 is 12.1 Å². The van der Waals surface area contributed by atoms with E-state index in [4.69, 9.17) is 0 Å². The van der Waals surface area contributed by atoms with Gasteiger partial charge >= 0.3 is 0 Å². The Kier molecular flexibility index (Phi) is 8.33. The molecular weight excluding hydrogens is 487 g/mol. The molecule has 1 aromatic heterocycles. The summed E-state index contributed by atoms with van der Waals surface area (Å²) < 4.78 is 16.2. The van der Waals surface area contributed by atoms with Gasteiger partial charge in [0.15, 0.2) is 0 Å². The standard InChI is InChI=1S/C33H35FN4O/c1-24-20-30(25(2)38(24)32-11-7-6-10-31(32)34)22-35-36-33(39)29-14-12-28(13-15-29)23-37-18-16-27(17-19-37)21-26-8-4-3-5-9-26/h3-15,20,22,27H,16-19,21,23H2,1-2H3,(H,36,39). The monoisotopic (exact) mass is 522 g/mol. The van der Waals surface area contributed by atoms with E-state index in [9.17, 15) is 9.18 Å². The third-order valence-corrected chi connectivity index (χ3v) is 7.63. The van der Waals surface area contributed by atoms with E-state index in [2.05, 4.69) is 45.8 Å². The van der Waals surface area contributed by atoms with Crippen LogP contribution in [0.5, 0.6) is 0 Å². The third kappa shape index (κ3) is 6.52. The Hall–Kier alpha value is -4.03. The Bertz CT molecular complexity index is 1430. The van der Waals surface area contributed by atoms with E-state index in [0.717, 1.165) is 48.9 Å². The number of halogens is 1. The fourth-order valence-electron chi connectivity index (χ4n) is 5.46. The summed E-state index contributed by atoms with van der Waals surface area (Å²) in [5.74, 6) is 0.204. The first kappa shape index (κ1) is 26.6. The van der Waals surface area contributed by atoms with E-state index in [0.29, 0.717) is 11.3 Å². The molecule has 5 rings (SSSR count). The molecule has 39 heavy (non-hydrogen) atoms. The molecule has 0 bridgehead atoms. The summed E-state index contributed by atoms with van der Waals surface area (Å²) in [5.41, 5.74) is 8.87. The van der Waals surface area contributed by atoms with E-state index in [1.54, 1.807) is 18.3 Å². The summed E-state index contributed by atoms with van der Waals surface area (Å²) >= 11 is 0. The molecule has 0 aliphatic carbocycles. The second kappa shape index (κ2) is 12.2. The normalized spacial score (nSPS) is 14.6. The zero-order valence-corrected chi connectivity index (χ0v) is 22.6. The Morgan fingerprint density at radius 1 is 0.949 bits per heavy atom. The summed E-state index contributed by atoms with van der Waals surface area (Å²) in [6.45, 7) is 6.94. The van der Waals surface area contributed by atoms with Crippen LogP contribution in [0, 0.1) is 25.6 Å². The highest BCUT2D eigenvalue weighted by molar-refractivity contribution is 5.95. The van der Waals surface area contributed by atoms with Crippen molar-refractivity contribution in [2.24, 2.45) is 11.0 Å². The topological polar surface area (TPSA) is 49.6 Å². The number of likely N-dealkylation sites (tertiary alicyclic amines) is 1. The van der Waals surface area contributed by atoms with Crippen molar-refractivity contribution in [3.63, 3.8) is 0 Å². The van der Waals surface area contributed by atoms with Crippen molar-refractivity contribution in [2.75, 3.05) is 13.1 Å². The number of amides is 1. The van der Waals surface area contributed by atoms with Crippen molar-refractivity contribution < 1.29 is 9.18 Å². The minimum Gasteiger partial charge on any atom is -0.315 e. The van der Waals surface area contributed by atoms with Crippen LogP contribution >= 0.6 is 0 Å². The van der Waals surface area contributed by atoms with Crippen molar-refractivity contribution in [1.82, 2.24) is 14.9 Å².